The van der Waals surface area contributed by atoms with Crippen molar-refractivity contribution < 1.29 is 4.79 Å². The van der Waals surface area contributed by atoms with Crippen molar-refractivity contribution in [2.45, 2.75) is 0 Å². The Bertz CT molecular complexity index is 993. The van der Waals surface area contributed by atoms with Gasteiger partial charge in [-0.05, 0) is 35.9 Å². The van der Waals surface area contributed by atoms with E-state index in [0.717, 1.165) is 21.3 Å². The summed E-state index contributed by atoms with van der Waals surface area (Å²) >= 11 is 3.43. The normalized spacial score (nSPS) is 15.4. The third-order valence-corrected chi connectivity index (χ3v) is 4.61. The molecule has 1 aliphatic rings. The van der Waals surface area contributed by atoms with Crippen LogP contribution in [0.15, 0.2) is 100 Å². The van der Waals surface area contributed by atoms with Crippen LogP contribution in [-0.4, -0.2) is 11.7 Å². The minimum absolute atomic E-state index is 0.127. The highest BCUT2D eigenvalue weighted by atomic mass is 79.9. The van der Waals surface area contributed by atoms with E-state index in [1.165, 1.54) is 0 Å². The molecule has 0 fully saturated rings. The van der Waals surface area contributed by atoms with Gasteiger partial charge in [-0.15, -0.1) is 0 Å². The molecule has 0 bridgehead atoms. The van der Waals surface area contributed by atoms with Crippen molar-refractivity contribution in [2.75, 3.05) is 4.90 Å². The van der Waals surface area contributed by atoms with E-state index in [1.807, 2.05) is 91.0 Å². The van der Waals surface area contributed by atoms with Crippen LogP contribution in [0.1, 0.15) is 11.1 Å². The Morgan fingerprint density at radius 3 is 2.08 bits per heavy atom. The molecule has 1 heterocycles. The summed E-state index contributed by atoms with van der Waals surface area (Å²) in [5, 5.41) is 0. The maximum absolute atomic E-state index is 13.1. The molecule has 3 nitrogen and oxygen atoms in total. The van der Waals surface area contributed by atoms with Gasteiger partial charge in [0.15, 0.2) is 0 Å². The van der Waals surface area contributed by atoms with Crippen molar-refractivity contribution in [3.63, 3.8) is 0 Å². The van der Waals surface area contributed by atoms with Gasteiger partial charge in [0, 0.05) is 10.0 Å². The van der Waals surface area contributed by atoms with Crippen LogP contribution in [0, 0.1) is 0 Å². The fourth-order valence-corrected chi connectivity index (χ4v) is 3.10. The van der Waals surface area contributed by atoms with Crippen LogP contribution in [0.25, 0.3) is 6.08 Å². The molecule has 4 heteroatoms. The second-order valence-corrected chi connectivity index (χ2v) is 6.77. The van der Waals surface area contributed by atoms with Crippen molar-refractivity contribution in [2.24, 2.45) is 4.99 Å². The predicted octanol–water partition coefficient (Wildman–Crippen LogP) is 5.28. The monoisotopic (exact) mass is 402 g/mol. The smallest absolute Gasteiger partial charge is 0.266 e. The molecule has 3 aromatic carbocycles. The van der Waals surface area contributed by atoms with E-state index >= 15 is 0 Å². The highest BCUT2D eigenvalue weighted by molar-refractivity contribution is 9.10. The molecular formula is C22H15BrN2O. The van der Waals surface area contributed by atoms with Crippen molar-refractivity contribution in [1.29, 1.82) is 0 Å². The molecule has 0 spiro atoms. The summed E-state index contributed by atoms with van der Waals surface area (Å²) in [6, 6.07) is 27.2. The van der Waals surface area contributed by atoms with E-state index in [0.29, 0.717) is 11.5 Å². The molecule has 0 saturated carbocycles. The van der Waals surface area contributed by atoms with E-state index in [-0.39, 0.29) is 5.91 Å². The van der Waals surface area contributed by atoms with Gasteiger partial charge >= 0.3 is 0 Å². The Labute approximate surface area is 160 Å². The summed E-state index contributed by atoms with van der Waals surface area (Å²) in [4.78, 5) is 19.4. The largest absolute Gasteiger partial charge is 0.282 e. The first-order chi connectivity index (χ1) is 12.7. The van der Waals surface area contributed by atoms with Gasteiger partial charge in [0.05, 0.1) is 5.69 Å². The second-order valence-electron chi connectivity index (χ2n) is 5.86. The van der Waals surface area contributed by atoms with Crippen LogP contribution in [0.3, 0.4) is 0 Å². The van der Waals surface area contributed by atoms with Gasteiger partial charge in [-0.2, -0.15) is 0 Å². The first kappa shape index (κ1) is 16.5. The van der Waals surface area contributed by atoms with Crippen molar-refractivity contribution in [3.05, 3.63) is 106 Å². The molecule has 0 N–H and O–H groups in total. The molecule has 0 saturated heterocycles. The molecule has 26 heavy (non-hydrogen) atoms. The van der Waals surface area contributed by atoms with Crippen LogP contribution in [0.5, 0.6) is 0 Å². The number of halogens is 1. The molecule has 0 aliphatic carbocycles. The Kier molecular flexibility index (Phi) is 4.50. The van der Waals surface area contributed by atoms with Gasteiger partial charge in [-0.3, -0.25) is 9.69 Å². The number of hydrogen-bond donors (Lipinski definition) is 0. The highest BCUT2D eigenvalue weighted by Crippen LogP contribution is 2.27. The maximum Gasteiger partial charge on any atom is 0.282 e. The molecule has 126 valence electrons. The van der Waals surface area contributed by atoms with Gasteiger partial charge < -0.3 is 0 Å². The summed E-state index contributed by atoms with van der Waals surface area (Å²) in [5.74, 6) is 0.517. The number of hydrogen-bond acceptors (Lipinski definition) is 2. The standard InChI is InChI=1S/C22H15BrN2O/c23-18-13-11-16(12-14-18)15-20-22(26)25(19-9-5-2-6-10-19)21(24-20)17-7-3-1-4-8-17/h1-15H. The van der Waals surface area contributed by atoms with Crippen molar-refractivity contribution >= 4 is 39.4 Å². The van der Waals surface area contributed by atoms with Crippen LogP contribution < -0.4 is 4.90 Å². The number of aliphatic imine (C=N–C) groups is 1. The minimum Gasteiger partial charge on any atom is -0.266 e. The fourth-order valence-electron chi connectivity index (χ4n) is 2.83. The minimum atomic E-state index is -0.127. The highest BCUT2D eigenvalue weighted by Gasteiger charge is 2.32. The Balaban J connectivity index is 1.81. The third kappa shape index (κ3) is 3.24. The average Bonchev–Trinajstić information content (AvgIpc) is 3.01. The Hall–Kier alpha value is -2.98. The van der Waals surface area contributed by atoms with Crippen molar-refractivity contribution in [1.82, 2.24) is 0 Å². The fraction of sp³-hybridized carbons (Fsp3) is 0. The van der Waals surface area contributed by atoms with Crippen LogP contribution in [0.2, 0.25) is 0 Å². The number of carbonyl (C=O) groups excluding carboxylic acids is 1. The van der Waals surface area contributed by atoms with E-state index in [2.05, 4.69) is 20.9 Å². The topological polar surface area (TPSA) is 32.7 Å². The zero-order chi connectivity index (χ0) is 17.9. The molecule has 4 rings (SSSR count). The molecule has 1 amide bonds. The van der Waals surface area contributed by atoms with E-state index < -0.39 is 0 Å². The summed E-state index contributed by atoms with van der Waals surface area (Å²) in [7, 11) is 0. The van der Waals surface area contributed by atoms with Crippen LogP contribution in [0.4, 0.5) is 5.69 Å². The molecule has 3 aromatic rings. The maximum atomic E-state index is 13.1. The van der Waals surface area contributed by atoms with E-state index in [4.69, 9.17) is 0 Å². The lowest BCUT2D eigenvalue weighted by Gasteiger charge is -2.18. The lowest BCUT2D eigenvalue weighted by atomic mass is 10.1. The SMILES string of the molecule is O=C1C(=Cc2ccc(Br)cc2)N=C(c2ccccc2)N1c1ccccc1. The summed E-state index contributed by atoms with van der Waals surface area (Å²) < 4.78 is 0.997. The van der Waals surface area contributed by atoms with Crippen molar-refractivity contribution in [3.8, 4) is 0 Å². The molecule has 0 unspecified atom stereocenters. The van der Waals surface area contributed by atoms with Gasteiger partial charge in [-0.25, -0.2) is 4.99 Å². The summed E-state index contributed by atoms with van der Waals surface area (Å²) in [5.41, 5.74) is 3.07. The first-order valence-electron chi connectivity index (χ1n) is 8.23. The summed E-state index contributed by atoms with van der Waals surface area (Å²) in [6.45, 7) is 0. The molecular weight excluding hydrogens is 388 g/mol. The number of carbonyl (C=O) groups is 1. The van der Waals surface area contributed by atoms with Gasteiger partial charge in [0.25, 0.3) is 5.91 Å². The second kappa shape index (κ2) is 7.10. The van der Waals surface area contributed by atoms with E-state index in [1.54, 1.807) is 4.90 Å². The zero-order valence-electron chi connectivity index (χ0n) is 13.8. The lowest BCUT2D eigenvalue weighted by Crippen LogP contribution is -2.32. The number of anilines is 1. The predicted molar refractivity (Wildman–Crippen MR) is 109 cm³/mol. The third-order valence-electron chi connectivity index (χ3n) is 4.08. The molecule has 0 aromatic heterocycles. The average molecular weight is 403 g/mol. The number of para-hydroxylation sites is 1. The summed E-state index contributed by atoms with van der Waals surface area (Å²) in [6.07, 6.45) is 1.82. The molecule has 1 aliphatic heterocycles. The molecule has 0 atom stereocenters. The lowest BCUT2D eigenvalue weighted by molar-refractivity contribution is -0.113. The van der Waals surface area contributed by atoms with Gasteiger partial charge in [0.2, 0.25) is 0 Å². The number of rotatable bonds is 3. The van der Waals surface area contributed by atoms with Gasteiger partial charge in [-0.1, -0.05) is 76.6 Å². The molecule has 0 radical (unpaired) electrons. The first-order valence-corrected chi connectivity index (χ1v) is 9.02. The quantitative estimate of drug-likeness (QED) is 0.548. The zero-order valence-corrected chi connectivity index (χ0v) is 15.4. The van der Waals surface area contributed by atoms with E-state index in [9.17, 15) is 4.79 Å². The Morgan fingerprint density at radius 1 is 0.808 bits per heavy atom. The van der Waals surface area contributed by atoms with Crippen LogP contribution >= 0.6 is 15.9 Å². The number of nitrogens with zero attached hydrogens (tertiary/aromatic N) is 2. The van der Waals surface area contributed by atoms with Gasteiger partial charge in [0.1, 0.15) is 11.5 Å². The number of amides is 1. The van der Waals surface area contributed by atoms with Crippen LogP contribution in [-0.2, 0) is 4.79 Å². The number of benzene rings is 3. The number of amidine groups is 1. The Morgan fingerprint density at radius 2 is 1.42 bits per heavy atom.